The molecule has 0 amide bonds. The maximum atomic E-state index is 13.0. The van der Waals surface area contributed by atoms with Crippen LogP contribution in [0.5, 0.6) is 0 Å². The van der Waals surface area contributed by atoms with E-state index >= 15 is 0 Å². The van der Waals surface area contributed by atoms with Crippen molar-refractivity contribution in [3.05, 3.63) is 11.6 Å². The zero-order valence-electron chi connectivity index (χ0n) is 18.2. The van der Waals surface area contributed by atoms with Crippen molar-refractivity contribution in [3.8, 4) is 0 Å². The summed E-state index contributed by atoms with van der Waals surface area (Å²) in [6.07, 6.45) is 6.60. The fourth-order valence-electron chi connectivity index (χ4n) is 8.42. The average molecular weight is 419 g/mol. The van der Waals surface area contributed by atoms with Crippen molar-refractivity contribution in [2.24, 2.45) is 34.5 Å². The van der Waals surface area contributed by atoms with E-state index in [1.165, 1.54) is 7.11 Å². The van der Waals surface area contributed by atoms with E-state index in [4.69, 9.17) is 9.47 Å². The minimum atomic E-state index is -0.582. The van der Waals surface area contributed by atoms with E-state index < -0.39 is 23.7 Å². The first-order valence-electron chi connectivity index (χ1n) is 11.5. The zero-order chi connectivity index (χ0) is 21.5. The summed E-state index contributed by atoms with van der Waals surface area (Å²) in [6.45, 7) is 4.38. The molecule has 0 aromatic carbocycles. The summed E-state index contributed by atoms with van der Waals surface area (Å²) in [6, 6.07) is 0. The highest BCUT2D eigenvalue weighted by atomic mass is 16.6. The SMILES string of the molecule is COC(=O)[C@@H]1C=C2C[C@@H](O)CC[C@]2(C)C2C1C1CC[C@@]3(CCC(=O)O3)C1(C)C[C@H]2O. The number of fused-ring (bicyclic) bond motifs is 6. The number of hydrogen-bond acceptors (Lipinski definition) is 6. The molecule has 4 aliphatic carbocycles. The highest BCUT2D eigenvalue weighted by Gasteiger charge is 2.70. The number of aliphatic hydroxyl groups excluding tert-OH is 2. The van der Waals surface area contributed by atoms with E-state index in [9.17, 15) is 19.8 Å². The fourth-order valence-corrected chi connectivity index (χ4v) is 8.42. The third-order valence-corrected chi connectivity index (χ3v) is 9.88. The van der Waals surface area contributed by atoms with Gasteiger partial charge in [0.1, 0.15) is 5.60 Å². The number of methoxy groups -OCH3 is 1. The van der Waals surface area contributed by atoms with E-state index in [-0.39, 0.29) is 40.5 Å². The molecular formula is C24H34O6. The van der Waals surface area contributed by atoms with Gasteiger partial charge in [-0.3, -0.25) is 9.59 Å². The number of hydrogen-bond donors (Lipinski definition) is 2. The molecule has 30 heavy (non-hydrogen) atoms. The van der Waals surface area contributed by atoms with Crippen LogP contribution < -0.4 is 0 Å². The third kappa shape index (κ3) is 2.49. The molecule has 0 aromatic rings. The third-order valence-electron chi connectivity index (χ3n) is 9.88. The first-order valence-corrected chi connectivity index (χ1v) is 11.5. The smallest absolute Gasteiger partial charge is 0.312 e. The van der Waals surface area contributed by atoms with Gasteiger partial charge >= 0.3 is 11.9 Å². The van der Waals surface area contributed by atoms with Crippen molar-refractivity contribution in [2.45, 2.75) is 83.0 Å². The molecule has 5 rings (SSSR count). The van der Waals surface area contributed by atoms with Gasteiger partial charge in [0.05, 0.1) is 25.2 Å². The van der Waals surface area contributed by atoms with Crippen LogP contribution >= 0.6 is 0 Å². The largest absolute Gasteiger partial charge is 0.469 e. The monoisotopic (exact) mass is 418 g/mol. The fraction of sp³-hybridized carbons (Fsp3) is 0.833. The van der Waals surface area contributed by atoms with Gasteiger partial charge in [-0.25, -0.2) is 0 Å². The number of carbonyl (C=O) groups is 2. The minimum Gasteiger partial charge on any atom is -0.469 e. The predicted octanol–water partition coefficient (Wildman–Crippen LogP) is 2.76. The van der Waals surface area contributed by atoms with Gasteiger partial charge in [-0.05, 0) is 68.1 Å². The van der Waals surface area contributed by atoms with Crippen LogP contribution in [-0.2, 0) is 19.1 Å². The topological polar surface area (TPSA) is 93.1 Å². The molecule has 1 heterocycles. The lowest BCUT2D eigenvalue weighted by molar-refractivity contribution is -0.192. The Kier molecular flexibility index (Phi) is 4.48. The number of carbonyl (C=O) groups excluding carboxylic acids is 2. The molecule has 0 bridgehead atoms. The Morgan fingerprint density at radius 1 is 1.20 bits per heavy atom. The number of ether oxygens (including phenoxy) is 2. The highest BCUT2D eigenvalue weighted by molar-refractivity contribution is 5.76. The maximum absolute atomic E-state index is 13.0. The maximum Gasteiger partial charge on any atom is 0.312 e. The van der Waals surface area contributed by atoms with Crippen LogP contribution in [0.3, 0.4) is 0 Å². The molecule has 2 N–H and O–H groups in total. The van der Waals surface area contributed by atoms with Gasteiger partial charge in [-0.15, -0.1) is 0 Å². The van der Waals surface area contributed by atoms with E-state index in [2.05, 4.69) is 19.9 Å². The van der Waals surface area contributed by atoms with Crippen LogP contribution in [-0.4, -0.2) is 47.1 Å². The highest BCUT2D eigenvalue weighted by Crippen LogP contribution is 2.70. The van der Waals surface area contributed by atoms with Crippen molar-refractivity contribution >= 4 is 11.9 Å². The van der Waals surface area contributed by atoms with Crippen LogP contribution in [0.1, 0.15) is 65.2 Å². The van der Waals surface area contributed by atoms with Crippen molar-refractivity contribution in [1.29, 1.82) is 0 Å². The van der Waals surface area contributed by atoms with Crippen molar-refractivity contribution in [1.82, 2.24) is 0 Å². The second-order valence-electron chi connectivity index (χ2n) is 11.0. The second kappa shape index (κ2) is 6.55. The van der Waals surface area contributed by atoms with Crippen molar-refractivity contribution in [3.63, 3.8) is 0 Å². The molecule has 4 fully saturated rings. The van der Waals surface area contributed by atoms with Crippen LogP contribution in [0, 0.1) is 34.5 Å². The predicted molar refractivity (Wildman–Crippen MR) is 108 cm³/mol. The van der Waals surface area contributed by atoms with E-state index in [1.54, 1.807) is 0 Å². The normalized spacial score (nSPS) is 52.2. The molecule has 166 valence electrons. The van der Waals surface area contributed by atoms with E-state index in [1.807, 2.05) is 0 Å². The summed E-state index contributed by atoms with van der Waals surface area (Å²) < 4.78 is 11.2. The number of aliphatic hydroxyl groups is 2. The molecule has 0 aromatic heterocycles. The molecule has 3 saturated carbocycles. The van der Waals surface area contributed by atoms with Gasteiger partial charge in [0, 0.05) is 11.8 Å². The van der Waals surface area contributed by atoms with E-state index in [0.29, 0.717) is 25.7 Å². The Bertz CT molecular complexity index is 806. The number of esters is 2. The average Bonchev–Trinajstić information content (AvgIpc) is 3.21. The molecule has 4 unspecified atom stereocenters. The van der Waals surface area contributed by atoms with Gasteiger partial charge in [0.2, 0.25) is 0 Å². The van der Waals surface area contributed by atoms with E-state index in [0.717, 1.165) is 31.3 Å². The summed E-state index contributed by atoms with van der Waals surface area (Å²) in [5.74, 6) is -0.756. The summed E-state index contributed by atoms with van der Waals surface area (Å²) in [5, 5.41) is 21.9. The van der Waals surface area contributed by atoms with Crippen LogP contribution in [0.15, 0.2) is 11.6 Å². The Balaban J connectivity index is 1.62. The molecule has 5 aliphatic rings. The Morgan fingerprint density at radius 2 is 1.97 bits per heavy atom. The Labute approximate surface area is 178 Å². The first-order chi connectivity index (χ1) is 14.1. The summed E-state index contributed by atoms with van der Waals surface area (Å²) in [4.78, 5) is 25.0. The van der Waals surface area contributed by atoms with Crippen molar-refractivity contribution < 1.29 is 29.3 Å². The molecule has 6 nitrogen and oxygen atoms in total. The Morgan fingerprint density at radius 3 is 2.63 bits per heavy atom. The molecule has 6 heteroatoms. The summed E-state index contributed by atoms with van der Waals surface area (Å²) >= 11 is 0. The van der Waals surface area contributed by atoms with Crippen LogP contribution in [0.25, 0.3) is 0 Å². The second-order valence-corrected chi connectivity index (χ2v) is 11.0. The molecule has 1 spiro atoms. The number of rotatable bonds is 1. The van der Waals surface area contributed by atoms with Crippen molar-refractivity contribution in [2.75, 3.05) is 7.11 Å². The molecular weight excluding hydrogens is 384 g/mol. The lowest BCUT2D eigenvalue weighted by atomic mass is 9.44. The molecule has 9 atom stereocenters. The van der Waals surface area contributed by atoms with Gasteiger partial charge in [-0.1, -0.05) is 25.5 Å². The van der Waals surface area contributed by atoms with Gasteiger partial charge in [0.25, 0.3) is 0 Å². The molecule has 1 saturated heterocycles. The summed E-state index contributed by atoms with van der Waals surface area (Å²) in [5.41, 5.74) is 0.00865. The van der Waals surface area contributed by atoms with Crippen LogP contribution in [0.2, 0.25) is 0 Å². The van der Waals surface area contributed by atoms with Gasteiger partial charge in [-0.2, -0.15) is 0 Å². The Hall–Kier alpha value is -1.40. The molecule has 1 aliphatic heterocycles. The quantitative estimate of drug-likeness (QED) is 0.502. The summed E-state index contributed by atoms with van der Waals surface area (Å²) in [7, 11) is 1.42. The van der Waals surface area contributed by atoms with Crippen LogP contribution in [0.4, 0.5) is 0 Å². The lowest BCUT2D eigenvalue weighted by Crippen LogP contribution is -2.62. The van der Waals surface area contributed by atoms with Gasteiger partial charge < -0.3 is 19.7 Å². The standard InChI is InChI=1S/C24H34O6/c1-22-7-4-14(25)10-13(22)11-15(21(28)29-3)19-16-5-8-24(9-6-18(27)30-24)23(16,2)12-17(26)20(19)22/h11,14-17,19-20,25-26H,4-10,12H2,1-3H3/t14-,15+,16?,17+,19?,20?,22-,23?,24+/m0/s1. The lowest BCUT2D eigenvalue weighted by Gasteiger charge is -2.61. The molecule has 0 radical (unpaired) electrons. The zero-order valence-corrected chi connectivity index (χ0v) is 18.2. The first kappa shape index (κ1) is 20.5. The van der Waals surface area contributed by atoms with Gasteiger partial charge in [0.15, 0.2) is 0 Å². The minimum absolute atomic E-state index is 0.0473.